The lowest BCUT2D eigenvalue weighted by Crippen LogP contribution is -1.98. The fourth-order valence-electron chi connectivity index (χ4n) is 1.63. The van der Waals surface area contributed by atoms with Crippen LogP contribution in [-0.4, -0.2) is 15.0 Å². The van der Waals surface area contributed by atoms with Crippen molar-refractivity contribution in [1.82, 2.24) is 15.0 Å². The van der Waals surface area contributed by atoms with Crippen LogP contribution < -0.4 is 0 Å². The monoisotopic (exact) mass is 291 g/mol. The molecule has 3 rings (SSSR count). The molecule has 0 aromatic carbocycles. The molecule has 19 heavy (non-hydrogen) atoms. The summed E-state index contributed by atoms with van der Waals surface area (Å²) >= 11 is 3.29. The standard InChI is InChI=1S/C12H11N3S2.C2H6/c1-7(2)11-14-8-3-5-16-10(8)9(15-11)12-13-4-6-17-12;1-2/h3-7H,1-2H3;1-2H3. The molecule has 3 aromatic heterocycles. The summed E-state index contributed by atoms with van der Waals surface area (Å²) in [6.07, 6.45) is 1.82. The second-order valence-corrected chi connectivity index (χ2v) is 5.87. The Hall–Kier alpha value is -1.33. The molecular weight excluding hydrogens is 274 g/mol. The lowest BCUT2D eigenvalue weighted by molar-refractivity contribution is 0.785. The number of hydrogen-bond acceptors (Lipinski definition) is 5. The second-order valence-electron chi connectivity index (χ2n) is 4.06. The molecule has 0 aliphatic rings. The van der Waals surface area contributed by atoms with E-state index in [2.05, 4.69) is 34.2 Å². The van der Waals surface area contributed by atoms with Gasteiger partial charge >= 0.3 is 0 Å². The molecule has 0 spiro atoms. The molecule has 5 heteroatoms. The highest BCUT2D eigenvalue weighted by atomic mass is 32.1. The van der Waals surface area contributed by atoms with Gasteiger partial charge in [0.15, 0.2) is 0 Å². The minimum absolute atomic E-state index is 0.331. The fourth-order valence-corrected chi connectivity index (χ4v) is 3.14. The highest BCUT2D eigenvalue weighted by Crippen LogP contribution is 2.32. The lowest BCUT2D eigenvalue weighted by Gasteiger charge is -2.06. The Balaban J connectivity index is 0.000000637. The van der Waals surface area contributed by atoms with Gasteiger partial charge in [-0.25, -0.2) is 15.0 Å². The fraction of sp³-hybridized carbons (Fsp3) is 0.357. The molecular formula is C14H17N3S2. The topological polar surface area (TPSA) is 38.7 Å². The molecule has 3 nitrogen and oxygen atoms in total. The summed E-state index contributed by atoms with van der Waals surface area (Å²) in [5, 5.41) is 5.01. The average molecular weight is 291 g/mol. The molecule has 0 unspecified atom stereocenters. The smallest absolute Gasteiger partial charge is 0.143 e. The maximum Gasteiger partial charge on any atom is 0.143 e. The first kappa shape index (κ1) is 14.1. The van der Waals surface area contributed by atoms with E-state index in [-0.39, 0.29) is 0 Å². The molecule has 0 fully saturated rings. The number of rotatable bonds is 2. The van der Waals surface area contributed by atoms with Crippen LogP contribution >= 0.6 is 22.7 Å². The Bertz CT molecular complexity index is 642. The van der Waals surface area contributed by atoms with E-state index in [1.165, 1.54) is 0 Å². The van der Waals surface area contributed by atoms with Gasteiger partial charge in [0.1, 0.15) is 16.5 Å². The van der Waals surface area contributed by atoms with Crippen LogP contribution in [0.4, 0.5) is 0 Å². The summed E-state index contributed by atoms with van der Waals surface area (Å²) in [6.45, 7) is 8.22. The molecule has 100 valence electrons. The Morgan fingerprint density at radius 3 is 2.47 bits per heavy atom. The predicted octanol–water partition coefficient (Wildman–Crippen LogP) is 4.96. The number of thiophene rings is 1. The molecule has 0 N–H and O–H groups in total. The van der Waals surface area contributed by atoms with Crippen molar-refractivity contribution in [2.75, 3.05) is 0 Å². The first-order valence-electron chi connectivity index (χ1n) is 6.40. The maximum absolute atomic E-state index is 4.66. The molecule has 0 bridgehead atoms. The second kappa shape index (κ2) is 6.21. The van der Waals surface area contributed by atoms with E-state index in [9.17, 15) is 0 Å². The summed E-state index contributed by atoms with van der Waals surface area (Å²) in [7, 11) is 0. The Morgan fingerprint density at radius 1 is 1.05 bits per heavy atom. The van der Waals surface area contributed by atoms with Gasteiger partial charge in [-0.2, -0.15) is 0 Å². The van der Waals surface area contributed by atoms with Crippen molar-refractivity contribution in [3.63, 3.8) is 0 Å². The summed E-state index contributed by atoms with van der Waals surface area (Å²) < 4.78 is 1.13. The van der Waals surface area contributed by atoms with E-state index in [1.54, 1.807) is 22.7 Å². The van der Waals surface area contributed by atoms with Gasteiger partial charge in [0, 0.05) is 17.5 Å². The van der Waals surface area contributed by atoms with E-state index in [1.807, 2.05) is 31.5 Å². The number of thiazole rings is 1. The van der Waals surface area contributed by atoms with Gasteiger partial charge in [0.2, 0.25) is 0 Å². The van der Waals surface area contributed by atoms with Crippen LogP contribution in [0.15, 0.2) is 23.0 Å². The molecule has 0 aliphatic heterocycles. The molecule has 0 aliphatic carbocycles. The first-order chi connectivity index (χ1) is 9.25. The summed E-state index contributed by atoms with van der Waals surface area (Å²) in [6, 6.07) is 2.05. The van der Waals surface area contributed by atoms with Crippen LogP contribution in [0.25, 0.3) is 20.9 Å². The van der Waals surface area contributed by atoms with Crippen molar-refractivity contribution in [1.29, 1.82) is 0 Å². The number of hydrogen-bond donors (Lipinski definition) is 0. The maximum atomic E-state index is 4.66. The van der Waals surface area contributed by atoms with Gasteiger partial charge in [-0.1, -0.05) is 27.7 Å². The van der Waals surface area contributed by atoms with E-state index in [4.69, 9.17) is 0 Å². The third kappa shape index (κ3) is 2.82. The van der Waals surface area contributed by atoms with Gasteiger partial charge in [-0.05, 0) is 11.4 Å². The SMILES string of the molecule is CC.CC(C)c1nc(-c2nccs2)c2sccc2n1. The minimum Gasteiger partial charge on any atom is -0.243 e. The van der Waals surface area contributed by atoms with E-state index in [0.29, 0.717) is 5.92 Å². The molecule has 0 saturated heterocycles. The van der Waals surface area contributed by atoms with Gasteiger partial charge in [0.25, 0.3) is 0 Å². The third-order valence-corrected chi connectivity index (χ3v) is 4.16. The van der Waals surface area contributed by atoms with Crippen LogP contribution in [-0.2, 0) is 0 Å². The van der Waals surface area contributed by atoms with Gasteiger partial charge in [0.05, 0.1) is 10.2 Å². The quantitative estimate of drug-likeness (QED) is 0.669. The van der Waals surface area contributed by atoms with Gasteiger partial charge in [-0.3, -0.25) is 0 Å². The third-order valence-electron chi connectivity index (χ3n) is 2.47. The summed E-state index contributed by atoms with van der Waals surface area (Å²) in [5.41, 5.74) is 2.00. The van der Waals surface area contributed by atoms with Crippen molar-refractivity contribution in [2.45, 2.75) is 33.6 Å². The minimum atomic E-state index is 0.331. The van der Waals surface area contributed by atoms with Crippen LogP contribution in [0.2, 0.25) is 0 Å². The first-order valence-corrected chi connectivity index (χ1v) is 8.16. The molecule has 0 radical (unpaired) electrons. The van der Waals surface area contributed by atoms with E-state index in [0.717, 1.165) is 26.7 Å². The van der Waals surface area contributed by atoms with E-state index >= 15 is 0 Å². The molecule has 3 heterocycles. The van der Waals surface area contributed by atoms with Gasteiger partial charge in [-0.15, -0.1) is 22.7 Å². The van der Waals surface area contributed by atoms with Crippen LogP contribution in [0.5, 0.6) is 0 Å². The highest BCUT2D eigenvalue weighted by molar-refractivity contribution is 7.18. The van der Waals surface area contributed by atoms with Crippen LogP contribution in [0.3, 0.4) is 0 Å². The van der Waals surface area contributed by atoms with Crippen molar-refractivity contribution < 1.29 is 0 Å². The lowest BCUT2D eigenvalue weighted by atomic mass is 10.2. The molecule has 3 aromatic rings. The molecule has 0 amide bonds. The average Bonchev–Trinajstić information content (AvgIpc) is 3.11. The van der Waals surface area contributed by atoms with Crippen molar-refractivity contribution in [3.8, 4) is 10.7 Å². The van der Waals surface area contributed by atoms with Crippen molar-refractivity contribution in [3.05, 3.63) is 28.8 Å². The Morgan fingerprint density at radius 2 is 1.84 bits per heavy atom. The highest BCUT2D eigenvalue weighted by Gasteiger charge is 2.14. The largest absolute Gasteiger partial charge is 0.243 e. The van der Waals surface area contributed by atoms with Crippen molar-refractivity contribution in [2.24, 2.45) is 0 Å². The van der Waals surface area contributed by atoms with Crippen LogP contribution in [0, 0.1) is 0 Å². The Kier molecular flexibility index (Phi) is 4.61. The zero-order chi connectivity index (χ0) is 13.8. The summed E-state index contributed by atoms with van der Waals surface area (Å²) in [5.74, 6) is 1.22. The molecule has 0 saturated carbocycles. The summed E-state index contributed by atoms with van der Waals surface area (Å²) in [4.78, 5) is 13.6. The normalized spacial score (nSPS) is 10.6. The van der Waals surface area contributed by atoms with Crippen LogP contribution in [0.1, 0.15) is 39.4 Å². The number of fused-ring (bicyclic) bond motifs is 1. The zero-order valence-corrected chi connectivity index (χ0v) is 13.2. The molecule has 0 atom stereocenters. The van der Waals surface area contributed by atoms with E-state index < -0.39 is 0 Å². The van der Waals surface area contributed by atoms with Gasteiger partial charge < -0.3 is 0 Å². The van der Waals surface area contributed by atoms with Crippen molar-refractivity contribution >= 4 is 32.9 Å². The predicted molar refractivity (Wildman–Crippen MR) is 84.0 cm³/mol. The number of aromatic nitrogens is 3. The Labute approximate surface area is 121 Å². The number of nitrogens with zero attached hydrogens (tertiary/aromatic N) is 3. The zero-order valence-electron chi connectivity index (χ0n) is 11.5.